The summed E-state index contributed by atoms with van der Waals surface area (Å²) in [6, 6.07) is 2.78. The first kappa shape index (κ1) is 19.6. The number of Topliss-reactive ketones (excluding diaryl/α,β-unsaturated/α-hetero) is 1. The molecule has 2 N–H and O–H groups in total. The van der Waals surface area contributed by atoms with Gasteiger partial charge in [-0.1, -0.05) is 0 Å². The van der Waals surface area contributed by atoms with Gasteiger partial charge in [-0.15, -0.1) is 0 Å². The monoisotopic (exact) mass is 392 g/mol. The molecule has 10 nitrogen and oxygen atoms in total. The van der Waals surface area contributed by atoms with Gasteiger partial charge in [-0.3, -0.25) is 18.7 Å². The van der Waals surface area contributed by atoms with Crippen LogP contribution in [-0.4, -0.2) is 46.5 Å². The lowest BCUT2D eigenvalue weighted by Crippen LogP contribution is -2.44. The largest absolute Gasteiger partial charge is 0.493 e. The first-order valence-electron chi connectivity index (χ1n) is 8.21. The van der Waals surface area contributed by atoms with Crippen molar-refractivity contribution in [1.82, 2.24) is 9.13 Å². The van der Waals surface area contributed by atoms with Gasteiger partial charge in [0.25, 0.3) is 5.56 Å². The molecule has 0 aliphatic heterocycles. The van der Waals surface area contributed by atoms with E-state index >= 15 is 0 Å². The van der Waals surface area contributed by atoms with Crippen LogP contribution in [0.25, 0.3) is 0 Å². The standard InChI is InChI=1S/C18H20N2O8/c1-19-13-12(16(22)20(2)17(19)23)18(24,25)11(14(13)21)8-6-9(26-3)15(28-5)10(7-8)27-4/h6-7,11,24-25H,1-5H3/t11-/m1/s1. The Kier molecular flexibility index (Phi) is 4.56. The first-order chi connectivity index (χ1) is 13.1. The van der Waals surface area contributed by atoms with Gasteiger partial charge in [0.1, 0.15) is 17.2 Å². The second-order valence-corrected chi connectivity index (χ2v) is 6.41. The Balaban J connectivity index is 2.33. The van der Waals surface area contributed by atoms with E-state index < -0.39 is 34.3 Å². The minimum atomic E-state index is -2.84. The van der Waals surface area contributed by atoms with E-state index in [0.717, 1.165) is 4.57 Å². The van der Waals surface area contributed by atoms with Gasteiger partial charge in [-0.2, -0.15) is 0 Å². The fourth-order valence-corrected chi connectivity index (χ4v) is 3.58. The van der Waals surface area contributed by atoms with Crippen LogP contribution in [-0.2, 0) is 19.9 Å². The van der Waals surface area contributed by atoms with Crippen LogP contribution >= 0.6 is 0 Å². The Labute approximate surface area is 159 Å². The van der Waals surface area contributed by atoms with Crippen LogP contribution in [0.3, 0.4) is 0 Å². The number of hydrogen-bond acceptors (Lipinski definition) is 8. The molecular weight excluding hydrogens is 372 g/mol. The summed E-state index contributed by atoms with van der Waals surface area (Å²) in [5.41, 5.74) is -2.49. The third-order valence-electron chi connectivity index (χ3n) is 4.95. The van der Waals surface area contributed by atoms with E-state index in [9.17, 15) is 24.6 Å². The minimum absolute atomic E-state index is 0.121. The highest BCUT2D eigenvalue weighted by molar-refractivity contribution is 6.05. The number of aliphatic hydroxyl groups is 2. The molecule has 1 aliphatic carbocycles. The van der Waals surface area contributed by atoms with Crippen molar-refractivity contribution in [3.05, 3.63) is 49.8 Å². The summed E-state index contributed by atoms with van der Waals surface area (Å²) in [4.78, 5) is 37.8. The number of fused-ring (bicyclic) bond motifs is 1. The van der Waals surface area contributed by atoms with Crippen LogP contribution in [0.1, 0.15) is 27.5 Å². The quantitative estimate of drug-likeness (QED) is 0.649. The van der Waals surface area contributed by atoms with Gasteiger partial charge in [-0.05, 0) is 17.7 Å². The number of nitrogens with zero attached hydrogens (tertiary/aromatic N) is 2. The molecule has 0 spiro atoms. The van der Waals surface area contributed by atoms with E-state index in [2.05, 4.69) is 0 Å². The lowest BCUT2D eigenvalue weighted by Gasteiger charge is -2.24. The highest BCUT2D eigenvalue weighted by atomic mass is 16.5. The summed E-state index contributed by atoms with van der Waals surface area (Å²) in [7, 11) is 6.62. The van der Waals surface area contributed by atoms with Crippen molar-refractivity contribution < 1.29 is 29.2 Å². The zero-order valence-electron chi connectivity index (χ0n) is 16.0. The number of rotatable bonds is 4. The highest BCUT2D eigenvalue weighted by Gasteiger charge is 2.55. The molecule has 3 rings (SSSR count). The molecule has 0 radical (unpaired) electrons. The minimum Gasteiger partial charge on any atom is -0.493 e. The Hall–Kier alpha value is -3.11. The Morgan fingerprint density at radius 1 is 0.929 bits per heavy atom. The molecule has 0 saturated heterocycles. The maximum absolute atomic E-state index is 13.1. The Morgan fingerprint density at radius 2 is 1.46 bits per heavy atom. The van der Waals surface area contributed by atoms with Crippen LogP contribution < -0.4 is 25.5 Å². The fourth-order valence-electron chi connectivity index (χ4n) is 3.58. The van der Waals surface area contributed by atoms with Crippen molar-refractivity contribution in [3.63, 3.8) is 0 Å². The number of benzene rings is 1. The maximum atomic E-state index is 13.1. The lowest BCUT2D eigenvalue weighted by atomic mass is 9.90. The van der Waals surface area contributed by atoms with E-state index in [4.69, 9.17) is 14.2 Å². The fraction of sp³-hybridized carbons (Fsp3) is 0.389. The van der Waals surface area contributed by atoms with E-state index in [-0.39, 0.29) is 28.5 Å². The molecule has 0 amide bonds. The molecule has 10 heteroatoms. The molecule has 1 aromatic carbocycles. The topological polar surface area (TPSA) is 129 Å². The number of carbonyl (C=O) groups excluding carboxylic acids is 1. The van der Waals surface area contributed by atoms with E-state index in [0.29, 0.717) is 4.57 Å². The zero-order chi connectivity index (χ0) is 21.0. The van der Waals surface area contributed by atoms with Crippen molar-refractivity contribution in [3.8, 4) is 17.2 Å². The average molecular weight is 392 g/mol. The molecule has 0 saturated carbocycles. The molecule has 0 bridgehead atoms. The number of methoxy groups -OCH3 is 3. The summed E-state index contributed by atoms with van der Waals surface area (Å²) >= 11 is 0. The van der Waals surface area contributed by atoms with Gasteiger partial charge in [0, 0.05) is 14.1 Å². The van der Waals surface area contributed by atoms with Crippen molar-refractivity contribution >= 4 is 5.78 Å². The summed E-state index contributed by atoms with van der Waals surface area (Å²) in [5.74, 6) is -4.56. The third-order valence-corrected chi connectivity index (χ3v) is 4.95. The van der Waals surface area contributed by atoms with Gasteiger partial charge >= 0.3 is 5.69 Å². The molecule has 28 heavy (non-hydrogen) atoms. The van der Waals surface area contributed by atoms with Gasteiger partial charge in [0.2, 0.25) is 11.5 Å². The number of carbonyl (C=O) groups is 1. The van der Waals surface area contributed by atoms with Crippen LogP contribution in [0.2, 0.25) is 0 Å². The molecular formula is C18H20N2O8. The predicted octanol–water partition coefficient (Wildman–Crippen LogP) is -0.773. The van der Waals surface area contributed by atoms with Crippen LogP contribution in [0.5, 0.6) is 17.2 Å². The Bertz CT molecular complexity index is 1070. The normalized spacial score (nSPS) is 17.4. The number of ether oxygens (including phenoxy) is 3. The number of ketones is 1. The van der Waals surface area contributed by atoms with E-state index in [1.165, 1.54) is 47.6 Å². The van der Waals surface area contributed by atoms with Crippen LogP contribution in [0.4, 0.5) is 0 Å². The lowest BCUT2D eigenvalue weighted by molar-refractivity contribution is -0.174. The third kappa shape index (κ3) is 2.45. The van der Waals surface area contributed by atoms with Gasteiger partial charge in [0.05, 0.1) is 21.3 Å². The molecule has 1 aromatic heterocycles. The highest BCUT2D eigenvalue weighted by Crippen LogP contribution is 2.47. The first-order valence-corrected chi connectivity index (χ1v) is 8.21. The van der Waals surface area contributed by atoms with Gasteiger partial charge in [-0.25, -0.2) is 4.79 Å². The summed E-state index contributed by atoms with van der Waals surface area (Å²) in [6.07, 6.45) is 0. The molecule has 0 fully saturated rings. The van der Waals surface area contributed by atoms with Crippen molar-refractivity contribution in [2.45, 2.75) is 11.7 Å². The Morgan fingerprint density at radius 3 is 1.93 bits per heavy atom. The van der Waals surface area contributed by atoms with Crippen molar-refractivity contribution in [2.24, 2.45) is 14.1 Å². The second-order valence-electron chi connectivity index (χ2n) is 6.41. The number of hydrogen-bond donors (Lipinski definition) is 2. The molecule has 1 atom stereocenters. The molecule has 0 unspecified atom stereocenters. The zero-order valence-corrected chi connectivity index (χ0v) is 16.0. The predicted molar refractivity (Wildman–Crippen MR) is 96.2 cm³/mol. The van der Waals surface area contributed by atoms with Crippen LogP contribution in [0, 0.1) is 0 Å². The SMILES string of the molecule is COc1cc([C@@H]2C(=O)c3c(c(=O)n(C)c(=O)n3C)C2(O)O)cc(OC)c1OC. The molecule has 1 heterocycles. The summed E-state index contributed by atoms with van der Waals surface area (Å²) in [5, 5.41) is 21.6. The second kappa shape index (κ2) is 6.50. The van der Waals surface area contributed by atoms with E-state index in [1.807, 2.05) is 0 Å². The molecule has 1 aliphatic rings. The number of aromatic nitrogens is 2. The average Bonchev–Trinajstić information content (AvgIpc) is 2.88. The maximum Gasteiger partial charge on any atom is 0.331 e. The van der Waals surface area contributed by atoms with Gasteiger partial charge < -0.3 is 24.4 Å². The summed E-state index contributed by atoms with van der Waals surface area (Å²) in [6.45, 7) is 0. The van der Waals surface area contributed by atoms with Crippen molar-refractivity contribution in [2.75, 3.05) is 21.3 Å². The van der Waals surface area contributed by atoms with Crippen LogP contribution in [0.15, 0.2) is 21.7 Å². The smallest absolute Gasteiger partial charge is 0.331 e. The molecule has 150 valence electrons. The summed E-state index contributed by atoms with van der Waals surface area (Å²) < 4.78 is 17.4. The molecule has 2 aromatic rings. The van der Waals surface area contributed by atoms with E-state index in [1.54, 1.807) is 0 Å². The van der Waals surface area contributed by atoms with Gasteiger partial charge in [0.15, 0.2) is 17.3 Å². The van der Waals surface area contributed by atoms with Crippen molar-refractivity contribution in [1.29, 1.82) is 0 Å².